The molecule has 1 aromatic rings. The van der Waals surface area contributed by atoms with Gasteiger partial charge in [-0.2, -0.15) is 5.26 Å². The predicted molar refractivity (Wildman–Crippen MR) is 64.5 cm³/mol. The maximum atomic E-state index is 11.3. The van der Waals surface area contributed by atoms with Crippen LogP contribution in [0.1, 0.15) is 12.5 Å². The van der Waals surface area contributed by atoms with Crippen LogP contribution in [0.5, 0.6) is 0 Å². The summed E-state index contributed by atoms with van der Waals surface area (Å²) in [5.74, 6) is 0. The molecule has 1 atom stereocenters. The Morgan fingerprint density at radius 2 is 2.19 bits per heavy atom. The second-order valence-corrected chi connectivity index (χ2v) is 3.83. The SMILES string of the molecule is CC(CBr)OC(=O)Nc1ccc(C#N)cc1. The van der Waals surface area contributed by atoms with Crippen LogP contribution in [0.3, 0.4) is 0 Å². The number of alkyl halides is 1. The second kappa shape index (κ2) is 6.13. The minimum Gasteiger partial charge on any atom is -0.445 e. The number of rotatable bonds is 3. The number of halogens is 1. The van der Waals surface area contributed by atoms with Gasteiger partial charge in [0.15, 0.2) is 0 Å². The van der Waals surface area contributed by atoms with E-state index in [1.807, 2.05) is 6.07 Å². The Bertz CT molecular complexity index is 397. The molecule has 16 heavy (non-hydrogen) atoms. The van der Waals surface area contributed by atoms with Crippen molar-refractivity contribution in [3.05, 3.63) is 29.8 Å². The van der Waals surface area contributed by atoms with Gasteiger partial charge in [0, 0.05) is 11.0 Å². The largest absolute Gasteiger partial charge is 0.445 e. The molecule has 0 aromatic heterocycles. The van der Waals surface area contributed by atoms with E-state index in [0.717, 1.165) is 0 Å². The molecular formula is C11H11BrN2O2. The fourth-order valence-electron chi connectivity index (χ4n) is 0.990. The summed E-state index contributed by atoms with van der Waals surface area (Å²) < 4.78 is 5.00. The highest BCUT2D eigenvalue weighted by molar-refractivity contribution is 9.09. The van der Waals surface area contributed by atoms with Gasteiger partial charge in [0.2, 0.25) is 0 Å². The molecule has 0 bridgehead atoms. The van der Waals surface area contributed by atoms with Crippen molar-refractivity contribution in [2.45, 2.75) is 13.0 Å². The van der Waals surface area contributed by atoms with Gasteiger partial charge in [-0.1, -0.05) is 15.9 Å². The maximum Gasteiger partial charge on any atom is 0.411 e. The Kier molecular flexibility index (Phi) is 4.80. The molecule has 0 spiro atoms. The topological polar surface area (TPSA) is 62.1 Å². The average molecular weight is 283 g/mol. The lowest BCUT2D eigenvalue weighted by atomic mass is 10.2. The number of benzene rings is 1. The van der Waals surface area contributed by atoms with Crippen LogP contribution in [0.25, 0.3) is 0 Å². The Balaban J connectivity index is 2.53. The monoisotopic (exact) mass is 282 g/mol. The minimum atomic E-state index is -0.503. The van der Waals surface area contributed by atoms with Crippen molar-refractivity contribution in [2.24, 2.45) is 0 Å². The van der Waals surface area contributed by atoms with E-state index in [1.165, 1.54) is 0 Å². The van der Waals surface area contributed by atoms with Crippen molar-refractivity contribution in [3.8, 4) is 6.07 Å². The molecule has 4 nitrogen and oxygen atoms in total. The molecule has 1 amide bonds. The summed E-state index contributed by atoms with van der Waals surface area (Å²) in [6.45, 7) is 1.78. The lowest BCUT2D eigenvalue weighted by Gasteiger charge is -2.11. The van der Waals surface area contributed by atoms with Crippen LogP contribution in [-0.2, 0) is 4.74 Å². The zero-order valence-electron chi connectivity index (χ0n) is 8.74. The first kappa shape index (κ1) is 12.5. The summed E-state index contributed by atoms with van der Waals surface area (Å²) >= 11 is 3.21. The number of carbonyl (C=O) groups excluding carboxylic acids is 1. The molecule has 0 saturated heterocycles. The van der Waals surface area contributed by atoms with Crippen molar-refractivity contribution < 1.29 is 9.53 Å². The van der Waals surface area contributed by atoms with Crippen LogP contribution >= 0.6 is 15.9 Å². The summed E-state index contributed by atoms with van der Waals surface area (Å²) in [5, 5.41) is 11.8. The van der Waals surface area contributed by atoms with Gasteiger partial charge in [-0.15, -0.1) is 0 Å². The van der Waals surface area contributed by atoms with Gasteiger partial charge in [0.1, 0.15) is 6.10 Å². The molecule has 0 saturated carbocycles. The lowest BCUT2D eigenvalue weighted by molar-refractivity contribution is 0.132. The highest BCUT2D eigenvalue weighted by Crippen LogP contribution is 2.09. The summed E-state index contributed by atoms with van der Waals surface area (Å²) in [5.41, 5.74) is 1.15. The van der Waals surface area contributed by atoms with E-state index in [0.29, 0.717) is 16.6 Å². The molecule has 84 valence electrons. The third-order valence-electron chi connectivity index (χ3n) is 1.79. The fraction of sp³-hybridized carbons (Fsp3) is 0.273. The lowest BCUT2D eigenvalue weighted by Crippen LogP contribution is -2.20. The smallest absolute Gasteiger partial charge is 0.411 e. The van der Waals surface area contributed by atoms with Crippen molar-refractivity contribution >= 4 is 27.7 Å². The van der Waals surface area contributed by atoms with E-state index in [2.05, 4.69) is 21.2 Å². The van der Waals surface area contributed by atoms with E-state index in [9.17, 15) is 4.79 Å². The zero-order chi connectivity index (χ0) is 12.0. The van der Waals surface area contributed by atoms with E-state index in [-0.39, 0.29) is 6.10 Å². The van der Waals surface area contributed by atoms with E-state index >= 15 is 0 Å². The Labute approximate surface area is 102 Å². The van der Waals surface area contributed by atoms with Crippen molar-refractivity contribution in [3.63, 3.8) is 0 Å². The van der Waals surface area contributed by atoms with Crippen LogP contribution in [0.15, 0.2) is 24.3 Å². The standard InChI is InChI=1S/C11H11BrN2O2/c1-8(6-12)16-11(15)14-10-4-2-9(7-13)3-5-10/h2-5,8H,6H2,1H3,(H,14,15). The van der Waals surface area contributed by atoms with Crippen LogP contribution in [-0.4, -0.2) is 17.5 Å². The Hall–Kier alpha value is -1.54. The molecule has 0 fully saturated rings. The van der Waals surface area contributed by atoms with E-state index in [4.69, 9.17) is 10.00 Å². The summed E-state index contributed by atoms with van der Waals surface area (Å²) in [4.78, 5) is 11.3. The highest BCUT2D eigenvalue weighted by Gasteiger charge is 2.07. The number of nitrogens with zero attached hydrogens (tertiary/aromatic N) is 1. The first-order valence-corrected chi connectivity index (χ1v) is 5.81. The van der Waals surface area contributed by atoms with Gasteiger partial charge < -0.3 is 4.74 Å². The predicted octanol–water partition coefficient (Wildman–Crippen LogP) is 2.89. The number of hydrogen-bond acceptors (Lipinski definition) is 3. The van der Waals surface area contributed by atoms with Gasteiger partial charge in [0.05, 0.1) is 11.6 Å². The number of carbonyl (C=O) groups is 1. The average Bonchev–Trinajstić information content (AvgIpc) is 2.29. The van der Waals surface area contributed by atoms with Gasteiger partial charge in [-0.25, -0.2) is 4.79 Å². The van der Waals surface area contributed by atoms with Gasteiger partial charge in [-0.3, -0.25) is 5.32 Å². The summed E-state index contributed by atoms with van der Waals surface area (Å²) in [7, 11) is 0. The second-order valence-electron chi connectivity index (χ2n) is 3.18. The van der Waals surface area contributed by atoms with E-state index in [1.54, 1.807) is 31.2 Å². The first-order valence-electron chi connectivity index (χ1n) is 4.69. The third kappa shape index (κ3) is 3.91. The number of hydrogen-bond donors (Lipinski definition) is 1. The van der Waals surface area contributed by atoms with Gasteiger partial charge >= 0.3 is 6.09 Å². The molecule has 0 aliphatic carbocycles. The summed E-state index contributed by atoms with van der Waals surface area (Å²) in [6, 6.07) is 8.56. The van der Waals surface area contributed by atoms with Gasteiger partial charge in [-0.05, 0) is 31.2 Å². The maximum absolute atomic E-state index is 11.3. The van der Waals surface area contributed by atoms with Crippen molar-refractivity contribution in [1.29, 1.82) is 5.26 Å². The third-order valence-corrected chi connectivity index (χ3v) is 2.70. The quantitative estimate of drug-likeness (QED) is 0.867. The molecule has 5 heteroatoms. The highest BCUT2D eigenvalue weighted by atomic mass is 79.9. The zero-order valence-corrected chi connectivity index (χ0v) is 10.3. The molecule has 0 radical (unpaired) electrons. The number of nitriles is 1. The fourth-order valence-corrected chi connectivity index (χ4v) is 1.12. The van der Waals surface area contributed by atoms with E-state index < -0.39 is 6.09 Å². The van der Waals surface area contributed by atoms with Crippen LogP contribution in [0.4, 0.5) is 10.5 Å². The normalized spacial score (nSPS) is 11.3. The molecule has 0 aliphatic heterocycles. The Morgan fingerprint density at radius 3 is 2.69 bits per heavy atom. The molecule has 0 heterocycles. The van der Waals surface area contributed by atoms with Crippen molar-refractivity contribution in [2.75, 3.05) is 10.6 Å². The number of ether oxygens (including phenoxy) is 1. The molecule has 0 aliphatic rings. The number of anilines is 1. The minimum absolute atomic E-state index is 0.182. The molecule has 1 unspecified atom stereocenters. The van der Waals surface area contributed by atoms with Crippen molar-refractivity contribution in [1.82, 2.24) is 0 Å². The Morgan fingerprint density at radius 1 is 1.56 bits per heavy atom. The number of amides is 1. The molecule has 1 rings (SSSR count). The molecule has 1 aromatic carbocycles. The van der Waals surface area contributed by atoms with Crippen LogP contribution < -0.4 is 5.32 Å². The summed E-state index contributed by atoms with van der Waals surface area (Å²) in [6.07, 6.45) is -0.685. The molecule has 1 N–H and O–H groups in total. The molecular weight excluding hydrogens is 272 g/mol. The van der Waals surface area contributed by atoms with Gasteiger partial charge in [0.25, 0.3) is 0 Å². The number of nitrogens with one attached hydrogen (secondary N) is 1. The first-order chi connectivity index (χ1) is 7.65. The van der Waals surface area contributed by atoms with Crippen LogP contribution in [0.2, 0.25) is 0 Å². The van der Waals surface area contributed by atoms with Crippen LogP contribution in [0, 0.1) is 11.3 Å².